The second-order valence-electron chi connectivity index (χ2n) is 6.67. The van der Waals surface area contributed by atoms with Crippen LogP contribution in [-0.2, 0) is 9.53 Å². The highest BCUT2D eigenvalue weighted by atomic mass is 16.7. The molecule has 1 aliphatic rings. The third-order valence-electron chi connectivity index (χ3n) is 4.07. The van der Waals surface area contributed by atoms with Crippen LogP contribution in [0.5, 0.6) is 17.2 Å². The minimum absolute atomic E-state index is 0.0493. The summed E-state index contributed by atoms with van der Waals surface area (Å²) in [5.74, 6) is 1.04. The first-order valence-electron chi connectivity index (χ1n) is 9.05. The smallest absolute Gasteiger partial charge is 0.338 e. The van der Waals surface area contributed by atoms with Gasteiger partial charge in [-0.2, -0.15) is 0 Å². The number of benzene rings is 2. The SMILES string of the molecule is CC(C)Oc1ccc(C(=O)OCC(=O)N[C@H](C)c2ccc3c(c2)OCO3)cc1. The Morgan fingerprint density at radius 3 is 2.46 bits per heavy atom. The summed E-state index contributed by atoms with van der Waals surface area (Å²) in [6.07, 6.45) is 0.0493. The van der Waals surface area contributed by atoms with Crippen molar-refractivity contribution < 1.29 is 28.5 Å². The summed E-state index contributed by atoms with van der Waals surface area (Å²) in [6, 6.07) is 11.8. The molecule has 3 rings (SSSR count). The van der Waals surface area contributed by atoms with Gasteiger partial charge < -0.3 is 24.3 Å². The van der Waals surface area contributed by atoms with E-state index in [0.29, 0.717) is 22.8 Å². The largest absolute Gasteiger partial charge is 0.491 e. The van der Waals surface area contributed by atoms with Crippen LogP contribution in [0.25, 0.3) is 0 Å². The summed E-state index contributed by atoms with van der Waals surface area (Å²) in [6.45, 7) is 5.51. The van der Waals surface area contributed by atoms with Crippen molar-refractivity contribution in [3.63, 3.8) is 0 Å². The molecule has 0 saturated heterocycles. The molecule has 1 heterocycles. The summed E-state index contributed by atoms with van der Waals surface area (Å²) >= 11 is 0. The molecule has 0 aromatic heterocycles. The monoisotopic (exact) mass is 385 g/mol. The second-order valence-corrected chi connectivity index (χ2v) is 6.67. The Kier molecular flexibility index (Phi) is 6.03. The van der Waals surface area contributed by atoms with Gasteiger partial charge in [0.1, 0.15) is 5.75 Å². The average molecular weight is 385 g/mol. The highest BCUT2D eigenvalue weighted by molar-refractivity contribution is 5.91. The van der Waals surface area contributed by atoms with Crippen LogP contribution in [0, 0.1) is 0 Å². The number of esters is 1. The number of ether oxygens (including phenoxy) is 4. The zero-order chi connectivity index (χ0) is 20.1. The molecular formula is C21H23NO6. The fourth-order valence-electron chi connectivity index (χ4n) is 2.71. The molecule has 0 spiro atoms. The van der Waals surface area contributed by atoms with Crippen LogP contribution in [0.1, 0.15) is 42.7 Å². The van der Waals surface area contributed by atoms with E-state index in [9.17, 15) is 9.59 Å². The van der Waals surface area contributed by atoms with E-state index in [2.05, 4.69) is 5.32 Å². The Labute approximate surface area is 163 Å². The van der Waals surface area contributed by atoms with E-state index in [4.69, 9.17) is 18.9 Å². The van der Waals surface area contributed by atoms with Gasteiger partial charge in [0, 0.05) is 0 Å². The van der Waals surface area contributed by atoms with E-state index in [-0.39, 0.29) is 25.5 Å². The molecule has 0 bridgehead atoms. The minimum Gasteiger partial charge on any atom is -0.491 e. The van der Waals surface area contributed by atoms with E-state index in [1.165, 1.54) is 0 Å². The predicted molar refractivity (Wildman–Crippen MR) is 102 cm³/mol. The van der Waals surface area contributed by atoms with Crippen molar-refractivity contribution >= 4 is 11.9 Å². The Hall–Kier alpha value is -3.22. The minimum atomic E-state index is -0.568. The van der Waals surface area contributed by atoms with Gasteiger partial charge in [0.2, 0.25) is 6.79 Å². The van der Waals surface area contributed by atoms with Crippen LogP contribution in [0.2, 0.25) is 0 Å². The van der Waals surface area contributed by atoms with Crippen molar-refractivity contribution in [1.29, 1.82) is 0 Å². The van der Waals surface area contributed by atoms with E-state index in [1.807, 2.05) is 32.9 Å². The first-order valence-corrected chi connectivity index (χ1v) is 9.05. The van der Waals surface area contributed by atoms with Crippen LogP contribution in [-0.4, -0.2) is 31.4 Å². The number of carbonyl (C=O) groups is 2. The normalized spacial score (nSPS) is 13.1. The quantitative estimate of drug-likeness (QED) is 0.737. The summed E-state index contributed by atoms with van der Waals surface area (Å²) in [4.78, 5) is 24.2. The third-order valence-corrected chi connectivity index (χ3v) is 4.07. The molecule has 2 aromatic rings. The van der Waals surface area contributed by atoms with Gasteiger partial charge in [0.25, 0.3) is 5.91 Å². The highest BCUT2D eigenvalue weighted by Crippen LogP contribution is 2.34. The van der Waals surface area contributed by atoms with Gasteiger partial charge in [-0.05, 0) is 62.7 Å². The van der Waals surface area contributed by atoms with Crippen LogP contribution in [0.4, 0.5) is 0 Å². The van der Waals surface area contributed by atoms with Crippen molar-refractivity contribution in [1.82, 2.24) is 5.32 Å². The number of nitrogens with one attached hydrogen (secondary N) is 1. The van der Waals surface area contributed by atoms with E-state index in [1.54, 1.807) is 30.3 Å². The molecule has 7 nitrogen and oxygen atoms in total. The van der Waals surface area contributed by atoms with Gasteiger partial charge in [0.05, 0.1) is 17.7 Å². The van der Waals surface area contributed by atoms with Crippen LogP contribution >= 0.6 is 0 Å². The fraction of sp³-hybridized carbons (Fsp3) is 0.333. The highest BCUT2D eigenvalue weighted by Gasteiger charge is 2.17. The topological polar surface area (TPSA) is 83.1 Å². The lowest BCUT2D eigenvalue weighted by Crippen LogP contribution is -2.31. The molecule has 1 aliphatic heterocycles. The average Bonchev–Trinajstić information content (AvgIpc) is 3.14. The summed E-state index contributed by atoms with van der Waals surface area (Å²) < 4.78 is 21.2. The van der Waals surface area contributed by atoms with Crippen LogP contribution in [0.3, 0.4) is 0 Å². The lowest BCUT2D eigenvalue weighted by molar-refractivity contribution is -0.124. The Morgan fingerprint density at radius 2 is 1.75 bits per heavy atom. The van der Waals surface area contributed by atoms with Crippen molar-refractivity contribution in [3.05, 3.63) is 53.6 Å². The number of carbonyl (C=O) groups excluding carboxylic acids is 2. The van der Waals surface area contributed by atoms with Crippen molar-refractivity contribution in [2.45, 2.75) is 32.9 Å². The molecule has 0 radical (unpaired) electrons. The predicted octanol–water partition coefficient (Wildman–Crippen LogP) is 3.24. The molecule has 2 aromatic carbocycles. The van der Waals surface area contributed by atoms with Crippen molar-refractivity contribution in [3.8, 4) is 17.2 Å². The second kappa shape index (κ2) is 8.65. The van der Waals surface area contributed by atoms with Gasteiger partial charge in [0.15, 0.2) is 18.1 Å². The fourth-order valence-corrected chi connectivity index (χ4v) is 2.71. The summed E-state index contributed by atoms with van der Waals surface area (Å²) in [5.41, 5.74) is 1.22. The zero-order valence-corrected chi connectivity index (χ0v) is 16.1. The molecule has 1 N–H and O–H groups in total. The molecule has 28 heavy (non-hydrogen) atoms. The van der Waals surface area contributed by atoms with Gasteiger partial charge in [-0.15, -0.1) is 0 Å². The maximum atomic E-state index is 12.1. The number of fused-ring (bicyclic) bond motifs is 1. The zero-order valence-electron chi connectivity index (χ0n) is 16.1. The van der Waals surface area contributed by atoms with Gasteiger partial charge in [-0.1, -0.05) is 6.07 Å². The number of hydrogen-bond donors (Lipinski definition) is 1. The van der Waals surface area contributed by atoms with Gasteiger partial charge in [-0.25, -0.2) is 4.79 Å². The lowest BCUT2D eigenvalue weighted by atomic mass is 10.1. The molecule has 1 amide bonds. The van der Waals surface area contributed by atoms with Crippen LogP contribution in [0.15, 0.2) is 42.5 Å². The molecule has 0 aliphatic carbocycles. The maximum Gasteiger partial charge on any atom is 0.338 e. The van der Waals surface area contributed by atoms with Gasteiger partial charge >= 0.3 is 5.97 Å². The van der Waals surface area contributed by atoms with Crippen LogP contribution < -0.4 is 19.5 Å². The molecule has 0 saturated carbocycles. The molecule has 7 heteroatoms. The van der Waals surface area contributed by atoms with Crippen molar-refractivity contribution in [2.24, 2.45) is 0 Å². The first-order chi connectivity index (χ1) is 13.4. The van der Waals surface area contributed by atoms with Crippen molar-refractivity contribution in [2.75, 3.05) is 13.4 Å². The molecular weight excluding hydrogens is 362 g/mol. The number of amides is 1. The lowest BCUT2D eigenvalue weighted by Gasteiger charge is -2.15. The maximum absolute atomic E-state index is 12.1. The molecule has 1 atom stereocenters. The van der Waals surface area contributed by atoms with E-state index >= 15 is 0 Å². The number of hydrogen-bond acceptors (Lipinski definition) is 6. The standard InChI is InChI=1S/C21H23NO6/c1-13(2)28-17-7-4-15(5-8-17)21(24)25-11-20(23)22-14(3)16-6-9-18-19(10-16)27-12-26-18/h4-10,13-14H,11-12H2,1-3H3,(H,22,23)/t14-/m1/s1. The van der Waals surface area contributed by atoms with E-state index in [0.717, 1.165) is 5.56 Å². The van der Waals surface area contributed by atoms with E-state index < -0.39 is 11.9 Å². The summed E-state index contributed by atoms with van der Waals surface area (Å²) in [7, 11) is 0. The van der Waals surface area contributed by atoms with Gasteiger partial charge in [-0.3, -0.25) is 4.79 Å². The Balaban J connectivity index is 1.48. The summed E-state index contributed by atoms with van der Waals surface area (Å²) in [5, 5.41) is 2.79. The number of rotatable bonds is 7. The molecule has 0 unspecified atom stereocenters. The Morgan fingerprint density at radius 1 is 1.04 bits per heavy atom. The molecule has 0 fully saturated rings. The first kappa shape index (κ1) is 19.5. The Bertz CT molecular complexity index is 846. The third kappa shape index (κ3) is 4.94. The molecule has 148 valence electrons.